The Morgan fingerprint density at radius 1 is 1.04 bits per heavy atom. The van der Waals surface area contributed by atoms with Gasteiger partial charge in [0.2, 0.25) is 0 Å². The molecule has 7 heteroatoms. The van der Waals surface area contributed by atoms with Gasteiger partial charge in [-0.3, -0.25) is 0 Å². The lowest BCUT2D eigenvalue weighted by Crippen LogP contribution is -2.38. The molecule has 0 aliphatic rings. The van der Waals surface area contributed by atoms with Crippen LogP contribution >= 0.6 is 23.2 Å². The molecule has 150 valence electrons. The molecule has 28 heavy (non-hydrogen) atoms. The van der Waals surface area contributed by atoms with Gasteiger partial charge in [0.1, 0.15) is 30.5 Å². The number of rotatable bonds is 9. The fourth-order valence-corrected chi connectivity index (χ4v) is 2.41. The number of carboxylic acids is 1. The van der Waals surface area contributed by atoms with E-state index < -0.39 is 11.6 Å². The molecule has 0 bridgehead atoms. The molecule has 2 aromatic carbocycles. The predicted molar refractivity (Wildman–Crippen MR) is 110 cm³/mol. The third kappa shape index (κ3) is 6.08. The molecule has 0 saturated carbocycles. The highest BCUT2D eigenvalue weighted by Crippen LogP contribution is 2.28. The van der Waals surface area contributed by atoms with E-state index >= 15 is 0 Å². The molecular weight excluding hydrogens is 403 g/mol. The Bertz CT molecular complexity index is 877. The Balaban J connectivity index is 1.88. The first-order chi connectivity index (χ1) is 13.1. The van der Waals surface area contributed by atoms with Gasteiger partial charge in [0, 0.05) is 6.07 Å². The number of benzene rings is 2. The van der Waals surface area contributed by atoms with E-state index in [0.29, 0.717) is 27.3 Å². The summed E-state index contributed by atoms with van der Waals surface area (Å²) in [4.78, 5) is 11.2. The van der Waals surface area contributed by atoms with Crippen molar-refractivity contribution >= 4 is 29.2 Å². The molecule has 0 atom stereocenters. The number of ether oxygens (including phenoxy) is 3. The van der Waals surface area contributed by atoms with Crippen LogP contribution in [0.3, 0.4) is 0 Å². The van der Waals surface area contributed by atoms with Crippen LogP contribution in [0, 0.1) is 6.92 Å². The number of aryl methyl sites for hydroxylation is 1. The zero-order chi connectivity index (χ0) is 20.9. The van der Waals surface area contributed by atoms with E-state index in [4.69, 9.17) is 42.5 Å². The van der Waals surface area contributed by atoms with Crippen LogP contribution in [0.2, 0.25) is 10.0 Å². The summed E-state index contributed by atoms with van der Waals surface area (Å²) in [6, 6.07) is 10.2. The second-order valence-electron chi connectivity index (χ2n) is 6.75. The van der Waals surface area contributed by atoms with Crippen LogP contribution in [-0.4, -0.2) is 29.9 Å². The molecule has 2 rings (SSSR count). The topological polar surface area (TPSA) is 65.0 Å². The minimum absolute atomic E-state index is 0.265. The van der Waals surface area contributed by atoms with E-state index in [2.05, 4.69) is 6.58 Å². The van der Waals surface area contributed by atoms with Crippen molar-refractivity contribution in [3.05, 3.63) is 64.2 Å². The standard InChI is InChI=1S/C21H22Cl2O5/c1-13(12-27-16-5-7-17(22)18(23)10-16)11-26-15-6-8-19(14(2)9-15)28-21(3,4)20(24)25/h5-10H,1,11-12H2,2-4H3,(H,24,25). The molecule has 0 radical (unpaired) electrons. The minimum atomic E-state index is -1.32. The molecular formula is C21H22Cl2O5. The molecule has 0 heterocycles. The molecule has 0 fully saturated rings. The second-order valence-corrected chi connectivity index (χ2v) is 7.56. The van der Waals surface area contributed by atoms with Crippen molar-refractivity contribution in [3.8, 4) is 17.2 Å². The number of carbonyl (C=O) groups is 1. The van der Waals surface area contributed by atoms with Crippen molar-refractivity contribution in [3.63, 3.8) is 0 Å². The SMILES string of the molecule is C=C(COc1ccc(OC(C)(C)C(=O)O)c(C)c1)COc1ccc(Cl)c(Cl)c1. The van der Waals surface area contributed by atoms with E-state index in [1.807, 2.05) is 6.92 Å². The van der Waals surface area contributed by atoms with Crippen LogP contribution in [-0.2, 0) is 4.79 Å². The van der Waals surface area contributed by atoms with Crippen LogP contribution in [0.25, 0.3) is 0 Å². The molecule has 0 amide bonds. The Hall–Kier alpha value is -2.37. The number of aliphatic carboxylic acids is 1. The summed E-state index contributed by atoms with van der Waals surface area (Å²) in [7, 11) is 0. The highest BCUT2D eigenvalue weighted by molar-refractivity contribution is 6.42. The van der Waals surface area contributed by atoms with Gasteiger partial charge in [-0.15, -0.1) is 0 Å². The molecule has 0 spiro atoms. The van der Waals surface area contributed by atoms with Crippen molar-refractivity contribution in [1.29, 1.82) is 0 Å². The molecule has 1 N–H and O–H groups in total. The van der Waals surface area contributed by atoms with Crippen LogP contribution in [0.5, 0.6) is 17.2 Å². The lowest BCUT2D eigenvalue weighted by atomic mass is 10.1. The number of hydrogen-bond donors (Lipinski definition) is 1. The van der Waals surface area contributed by atoms with Crippen LogP contribution in [0.1, 0.15) is 19.4 Å². The van der Waals surface area contributed by atoms with Crippen LogP contribution in [0.15, 0.2) is 48.6 Å². The molecule has 5 nitrogen and oxygen atoms in total. The van der Waals surface area contributed by atoms with E-state index in [-0.39, 0.29) is 13.2 Å². The van der Waals surface area contributed by atoms with E-state index in [9.17, 15) is 4.79 Å². The molecule has 0 aromatic heterocycles. The maximum Gasteiger partial charge on any atom is 0.347 e. The summed E-state index contributed by atoms with van der Waals surface area (Å²) in [5, 5.41) is 10.1. The normalized spacial score (nSPS) is 11.0. The first-order valence-electron chi connectivity index (χ1n) is 8.49. The maximum absolute atomic E-state index is 11.2. The largest absolute Gasteiger partial charge is 0.489 e. The first-order valence-corrected chi connectivity index (χ1v) is 9.24. The average molecular weight is 425 g/mol. The van der Waals surface area contributed by atoms with E-state index in [1.165, 1.54) is 13.8 Å². The zero-order valence-electron chi connectivity index (χ0n) is 15.9. The summed E-state index contributed by atoms with van der Waals surface area (Å²) < 4.78 is 16.9. The number of hydrogen-bond acceptors (Lipinski definition) is 4. The smallest absolute Gasteiger partial charge is 0.347 e. The summed E-state index contributed by atoms with van der Waals surface area (Å²) in [5.74, 6) is 0.662. The summed E-state index contributed by atoms with van der Waals surface area (Å²) in [5.41, 5.74) is 0.184. The van der Waals surface area contributed by atoms with Crippen molar-refractivity contribution in [2.75, 3.05) is 13.2 Å². The monoisotopic (exact) mass is 424 g/mol. The molecule has 0 aliphatic carbocycles. The lowest BCUT2D eigenvalue weighted by molar-refractivity contribution is -0.152. The first kappa shape index (κ1) is 21.9. The quantitative estimate of drug-likeness (QED) is 0.533. The third-order valence-electron chi connectivity index (χ3n) is 3.80. The summed E-state index contributed by atoms with van der Waals surface area (Å²) in [6.07, 6.45) is 0. The Kier molecular flexibility index (Phi) is 7.22. The van der Waals surface area contributed by atoms with Gasteiger partial charge in [0.15, 0.2) is 5.60 Å². The van der Waals surface area contributed by atoms with Gasteiger partial charge < -0.3 is 19.3 Å². The third-order valence-corrected chi connectivity index (χ3v) is 4.54. The summed E-state index contributed by atoms with van der Waals surface area (Å²) >= 11 is 11.8. The van der Waals surface area contributed by atoms with Gasteiger partial charge in [-0.05, 0) is 62.2 Å². The van der Waals surface area contributed by atoms with Crippen LogP contribution in [0.4, 0.5) is 0 Å². The maximum atomic E-state index is 11.2. The van der Waals surface area contributed by atoms with Crippen molar-refractivity contribution in [2.24, 2.45) is 0 Å². The van der Waals surface area contributed by atoms with Crippen LogP contribution < -0.4 is 14.2 Å². The van der Waals surface area contributed by atoms with E-state index in [1.54, 1.807) is 36.4 Å². The number of carboxylic acid groups (broad SMARTS) is 1. The van der Waals surface area contributed by atoms with Gasteiger partial charge in [0.25, 0.3) is 0 Å². The van der Waals surface area contributed by atoms with Crippen molar-refractivity contribution in [1.82, 2.24) is 0 Å². The Labute approximate surface area is 174 Å². The molecule has 0 saturated heterocycles. The minimum Gasteiger partial charge on any atom is -0.489 e. The highest BCUT2D eigenvalue weighted by atomic mass is 35.5. The lowest BCUT2D eigenvalue weighted by Gasteiger charge is -2.23. The fourth-order valence-electron chi connectivity index (χ4n) is 2.12. The average Bonchev–Trinajstić information content (AvgIpc) is 2.62. The summed E-state index contributed by atoms with van der Waals surface area (Å²) in [6.45, 7) is 9.28. The van der Waals surface area contributed by atoms with Crippen molar-refractivity contribution in [2.45, 2.75) is 26.4 Å². The Morgan fingerprint density at radius 3 is 2.14 bits per heavy atom. The molecule has 0 unspecified atom stereocenters. The van der Waals surface area contributed by atoms with Gasteiger partial charge >= 0.3 is 5.97 Å². The Morgan fingerprint density at radius 2 is 1.61 bits per heavy atom. The van der Waals surface area contributed by atoms with Gasteiger partial charge in [-0.2, -0.15) is 0 Å². The highest BCUT2D eigenvalue weighted by Gasteiger charge is 2.29. The van der Waals surface area contributed by atoms with Gasteiger partial charge in [-0.1, -0.05) is 29.8 Å². The molecule has 0 aliphatic heterocycles. The second kappa shape index (κ2) is 9.22. The fraction of sp³-hybridized carbons (Fsp3) is 0.286. The zero-order valence-corrected chi connectivity index (χ0v) is 17.4. The van der Waals surface area contributed by atoms with Gasteiger partial charge in [0.05, 0.1) is 10.0 Å². The van der Waals surface area contributed by atoms with E-state index in [0.717, 1.165) is 11.1 Å². The molecule has 2 aromatic rings. The van der Waals surface area contributed by atoms with Gasteiger partial charge in [-0.25, -0.2) is 4.79 Å². The predicted octanol–water partition coefficient (Wildman–Crippen LogP) is 5.56. The van der Waals surface area contributed by atoms with Crippen molar-refractivity contribution < 1.29 is 24.1 Å². The number of halogens is 2.